The highest BCUT2D eigenvalue weighted by molar-refractivity contribution is 8.00. The second-order valence-corrected chi connectivity index (χ2v) is 5.05. The standard InChI is InChI=1S/C11H13ClN2O2S/c1-7(10(15)14-11(16)13-2)17-9-6-4-3-5-8(9)12/h3-7H,1-2H3,(H2,13,14,15,16). The second-order valence-electron chi connectivity index (χ2n) is 3.26. The predicted molar refractivity (Wildman–Crippen MR) is 69.4 cm³/mol. The second kappa shape index (κ2) is 6.51. The third-order valence-electron chi connectivity index (χ3n) is 1.97. The van der Waals surface area contributed by atoms with Crippen molar-refractivity contribution < 1.29 is 9.59 Å². The largest absolute Gasteiger partial charge is 0.341 e. The Morgan fingerprint density at radius 3 is 2.59 bits per heavy atom. The molecule has 0 aromatic heterocycles. The number of imide groups is 1. The topological polar surface area (TPSA) is 58.2 Å². The molecule has 92 valence electrons. The van der Waals surface area contributed by atoms with Gasteiger partial charge >= 0.3 is 6.03 Å². The number of thioether (sulfide) groups is 1. The van der Waals surface area contributed by atoms with Crippen molar-refractivity contribution in [3.8, 4) is 0 Å². The van der Waals surface area contributed by atoms with Gasteiger partial charge in [0, 0.05) is 11.9 Å². The van der Waals surface area contributed by atoms with E-state index in [1.807, 2.05) is 18.2 Å². The monoisotopic (exact) mass is 272 g/mol. The average molecular weight is 273 g/mol. The van der Waals surface area contributed by atoms with Gasteiger partial charge in [-0.1, -0.05) is 23.7 Å². The van der Waals surface area contributed by atoms with Crippen molar-refractivity contribution in [2.75, 3.05) is 7.05 Å². The first kappa shape index (κ1) is 13.9. The molecule has 17 heavy (non-hydrogen) atoms. The lowest BCUT2D eigenvalue weighted by molar-refractivity contribution is -0.119. The Bertz CT molecular complexity index is 426. The molecule has 4 nitrogen and oxygen atoms in total. The average Bonchev–Trinajstić information content (AvgIpc) is 2.31. The first-order valence-electron chi connectivity index (χ1n) is 4.98. The van der Waals surface area contributed by atoms with Gasteiger partial charge in [0.15, 0.2) is 0 Å². The van der Waals surface area contributed by atoms with Crippen LogP contribution in [0.2, 0.25) is 5.02 Å². The number of hydrogen-bond donors (Lipinski definition) is 2. The van der Waals surface area contributed by atoms with Crippen molar-refractivity contribution in [1.82, 2.24) is 10.6 Å². The van der Waals surface area contributed by atoms with Gasteiger partial charge < -0.3 is 5.32 Å². The van der Waals surface area contributed by atoms with E-state index in [2.05, 4.69) is 10.6 Å². The molecule has 2 N–H and O–H groups in total. The molecule has 0 heterocycles. The highest BCUT2D eigenvalue weighted by Crippen LogP contribution is 2.29. The van der Waals surface area contributed by atoms with Crippen LogP contribution in [0.5, 0.6) is 0 Å². The lowest BCUT2D eigenvalue weighted by Gasteiger charge is -2.11. The van der Waals surface area contributed by atoms with Gasteiger partial charge in [0.25, 0.3) is 0 Å². The summed E-state index contributed by atoms with van der Waals surface area (Å²) in [5, 5.41) is 4.73. The number of hydrogen-bond acceptors (Lipinski definition) is 3. The van der Waals surface area contributed by atoms with Crippen molar-refractivity contribution >= 4 is 35.3 Å². The Labute approximate surface area is 109 Å². The van der Waals surface area contributed by atoms with Crippen molar-refractivity contribution in [2.24, 2.45) is 0 Å². The summed E-state index contributed by atoms with van der Waals surface area (Å²) in [6.45, 7) is 1.71. The van der Waals surface area contributed by atoms with Crippen LogP contribution in [0.3, 0.4) is 0 Å². The number of carbonyl (C=O) groups excluding carboxylic acids is 2. The van der Waals surface area contributed by atoms with Gasteiger partial charge in [-0.25, -0.2) is 4.79 Å². The maximum atomic E-state index is 11.6. The number of amides is 3. The number of carbonyl (C=O) groups is 2. The summed E-state index contributed by atoms with van der Waals surface area (Å²) < 4.78 is 0. The minimum Gasteiger partial charge on any atom is -0.341 e. The summed E-state index contributed by atoms with van der Waals surface area (Å²) in [4.78, 5) is 23.4. The van der Waals surface area contributed by atoms with Crippen molar-refractivity contribution in [1.29, 1.82) is 0 Å². The molecule has 0 aliphatic rings. The summed E-state index contributed by atoms with van der Waals surface area (Å²) in [6, 6.07) is 6.74. The fourth-order valence-corrected chi connectivity index (χ4v) is 2.21. The lowest BCUT2D eigenvalue weighted by Crippen LogP contribution is -2.41. The normalized spacial score (nSPS) is 11.7. The van der Waals surface area contributed by atoms with Gasteiger partial charge in [0.2, 0.25) is 5.91 Å². The number of nitrogens with one attached hydrogen (secondary N) is 2. The van der Waals surface area contributed by atoms with Gasteiger partial charge in [-0.15, -0.1) is 11.8 Å². The Hall–Kier alpha value is -1.20. The molecule has 6 heteroatoms. The zero-order valence-corrected chi connectivity index (χ0v) is 11.1. The van der Waals surface area contributed by atoms with Crippen LogP contribution in [-0.2, 0) is 4.79 Å². The lowest BCUT2D eigenvalue weighted by atomic mass is 10.4. The minimum absolute atomic E-state index is 0.353. The molecule has 0 spiro atoms. The molecule has 0 aliphatic heterocycles. The smallest absolute Gasteiger partial charge is 0.321 e. The SMILES string of the molecule is CNC(=O)NC(=O)C(C)Sc1ccccc1Cl. The molecule has 1 aromatic rings. The van der Waals surface area contributed by atoms with E-state index in [0.717, 1.165) is 4.90 Å². The molecule has 0 radical (unpaired) electrons. The number of rotatable bonds is 3. The van der Waals surface area contributed by atoms with E-state index in [1.165, 1.54) is 18.8 Å². The van der Waals surface area contributed by atoms with E-state index in [1.54, 1.807) is 13.0 Å². The van der Waals surface area contributed by atoms with Crippen LogP contribution in [0.1, 0.15) is 6.92 Å². The zero-order chi connectivity index (χ0) is 12.8. The molecular weight excluding hydrogens is 260 g/mol. The predicted octanol–water partition coefficient (Wildman–Crippen LogP) is 2.28. The Morgan fingerprint density at radius 2 is 2.00 bits per heavy atom. The molecule has 1 aromatic carbocycles. The summed E-state index contributed by atoms with van der Waals surface area (Å²) in [5.41, 5.74) is 0. The van der Waals surface area contributed by atoms with E-state index in [9.17, 15) is 9.59 Å². The summed E-state index contributed by atoms with van der Waals surface area (Å²) >= 11 is 7.28. The third kappa shape index (κ3) is 4.28. The molecule has 0 fully saturated rings. The van der Waals surface area contributed by atoms with Gasteiger partial charge in [0.05, 0.1) is 10.3 Å². The van der Waals surface area contributed by atoms with Gasteiger partial charge in [-0.3, -0.25) is 10.1 Å². The molecule has 0 bridgehead atoms. The maximum absolute atomic E-state index is 11.6. The quantitative estimate of drug-likeness (QED) is 0.830. The first-order chi connectivity index (χ1) is 8.04. The van der Waals surface area contributed by atoms with E-state index >= 15 is 0 Å². The van der Waals surface area contributed by atoms with Crippen molar-refractivity contribution in [3.63, 3.8) is 0 Å². The molecule has 1 rings (SSSR count). The summed E-state index contributed by atoms with van der Waals surface area (Å²) in [5.74, 6) is -0.353. The van der Waals surface area contributed by atoms with Gasteiger partial charge in [0.1, 0.15) is 0 Å². The van der Waals surface area contributed by atoms with Gasteiger partial charge in [-0.05, 0) is 19.1 Å². The molecule has 3 amide bonds. The van der Waals surface area contributed by atoms with Crippen LogP contribution in [0.15, 0.2) is 29.2 Å². The van der Waals surface area contributed by atoms with Crippen LogP contribution in [0.25, 0.3) is 0 Å². The molecule has 0 saturated carbocycles. The number of urea groups is 1. The van der Waals surface area contributed by atoms with E-state index < -0.39 is 11.3 Å². The van der Waals surface area contributed by atoms with Gasteiger partial charge in [-0.2, -0.15) is 0 Å². The highest BCUT2D eigenvalue weighted by Gasteiger charge is 2.17. The molecule has 1 unspecified atom stereocenters. The highest BCUT2D eigenvalue weighted by atomic mass is 35.5. The van der Waals surface area contributed by atoms with Crippen molar-refractivity contribution in [3.05, 3.63) is 29.3 Å². The third-order valence-corrected chi connectivity index (χ3v) is 3.59. The Morgan fingerprint density at radius 1 is 1.35 bits per heavy atom. The number of halogens is 1. The first-order valence-corrected chi connectivity index (χ1v) is 6.24. The minimum atomic E-state index is -0.512. The van der Waals surface area contributed by atoms with Crippen LogP contribution in [0, 0.1) is 0 Å². The Balaban J connectivity index is 2.60. The molecule has 1 atom stereocenters. The van der Waals surface area contributed by atoms with E-state index in [0.29, 0.717) is 5.02 Å². The molecule has 0 aliphatic carbocycles. The number of benzene rings is 1. The van der Waals surface area contributed by atoms with Crippen LogP contribution in [-0.4, -0.2) is 24.2 Å². The zero-order valence-electron chi connectivity index (χ0n) is 9.49. The van der Waals surface area contributed by atoms with Crippen molar-refractivity contribution in [2.45, 2.75) is 17.1 Å². The Kier molecular flexibility index (Phi) is 5.31. The van der Waals surface area contributed by atoms with Crippen LogP contribution >= 0.6 is 23.4 Å². The summed E-state index contributed by atoms with van der Waals surface area (Å²) in [6.07, 6.45) is 0. The van der Waals surface area contributed by atoms with Crippen LogP contribution in [0.4, 0.5) is 4.79 Å². The summed E-state index contributed by atoms with van der Waals surface area (Å²) in [7, 11) is 1.45. The maximum Gasteiger partial charge on any atom is 0.321 e. The van der Waals surface area contributed by atoms with Crippen LogP contribution < -0.4 is 10.6 Å². The van der Waals surface area contributed by atoms with E-state index in [4.69, 9.17) is 11.6 Å². The fourth-order valence-electron chi connectivity index (χ4n) is 1.06. The molecular formula is C11H13ClN2O2S. The van der Waals surface area contributed by atoms with E-state index in [-0.39, 0.29) is 5.91 Å². The fraction of sp³-hybridized carbons (Fsp3) is 0.273. The molecule has 0 saturated heterocycles.